The molecule has 0 radical (unpaired) electrons. The van der Waals surface area contributed by atoms with Gasteiger partial charge in [-0.15, -0.1) is 0 Å². The Morgan fingerprint density at radius 3 is 2.58 bits per heavy atom. The first kappa shape index (κ1) is 18.7. The molecule has 1 heterocycles. The summed E-state index contributed by atoms with van der Waals surface area (Å²) in [6, 6.07) is 7.13. The molecule has 7 heteroatoms. The van der Waals surface area contributed by atoms with Gasteiger partial charge in [0.2, 0.25) is 10.0 Å². The van der Waals surface area contributed by atoms with Crippen LogP contribution in [0, 0.1) is 5.92 Å². The van der Waals surface area contributed by atoms with Crippen molar-refractivity contribution in [2.24, 2.45) is 5.92 Å². The fraction of sp³-hybridized carbons (Fsp3) is 0.588. The lowest BCUT2D eigenvalue weighted by Crippen LogP contribution is -2.46. The van der Waals surface area contributed by atoms with Gasteiger partial charge in [0.25, 0.3) is 5.91 Å². The van der Waals surface area contributed by atoms with Crippen LogP contribution in [0.3, 0.4) is 0 Å². The second-order valence-corrected chi connectivity index (χ2v) is 8.62. The molecule has 1 aromatic carbocycles. The van der Waals surface area contributed by atoms with Crippen molar-refractivity contribution < 1.29 is 17.9 Å². The topological polar surface area (TPSA) is 75.7 Å². The average Bonchev–Trinajstić information content (AvgIpc) is 2.53. The van der Waals surface area contributed by atoms with Gasteiger partial charge >= 0.3 is 0 Å². The number of nitrogens with one attached hydrogen (secondary N) is 1. The lowest BCUT2D eigenvalue weighted by atomic mass is 10.1. The number of benzene rings is 1. The number of hydrogen-bond donors (Lipinski definition) is 1. The first-order chi connectivity index (χ1) is 11.3. The molecular weight excluding hydrogens is 328 g/mol. The number of sulfonamides is 1. The van der Waals surface area contributed by atoms with Crippen LogP contribution in [0.4, 0.5) is 0 Å². The number of carbonyl (C=O) groups excluding carboxylic acids is 1. The Kier molecular flexibility index (Phi) is 6.23. The number of ether oxygens (including phenoxy) is 1. The molecule has 1 fully saturated rings. The lowest BCUT2D eigenvalue weighted by Gasteiger charge is -2.30. The Bertz CT molecular complexity index is 665. The van der Waals surface area contributed by atoms with Gasteiger partial charge in [0, 0.05) is 24.7 Å². The minimum Gasteiger partial charge on any atom is -0.493 e. The minimum absolute atomic E-state index is 0.00395. The molecule has 1 N–H and O–H groups in total. The van der Waals surface area contributed by atoms with Gasteiger partial charge in [-0.05, 0) is 37.0 Å². The molecule has 0 aliphatic carbocycles. The molecule has 24 heavy (non-hydrogen) atoms. The zero-order valence-corrected chi connectivity index (χ0v) is 15.3. The van der Waals surface area contributed by atoms with Crippen LogP contribution < -0.4 is 10.1 Å². The summed E-state index contributed by atoms with van der Waals surface area (Å²) in [4.78, 5) is 12.4. The Morgan fingerprint density at radius 2 is 2.00 bits per heavy atom. The molecule has 1 aliphatic heterocycles. The number of piperidine rings is 1. The summed E-state index contributed by atoms with van der Waals surface area (Å²) in [6.45, 7) is 5.64. The van der Waals surface area contributed by atoms with E-state index in [2.05, 4.69) is 19.2 Å². The van der Waals surface area contributed by atoms with Crippen LogP contribution in [0.1, 0.15) is 37.0 Å². The van der Waals surface area contributed by atoms with Gasteiger partial charge in [-0.3, -0.25) is 4.79 Å². The third-order valence-corrected chi connectivity index (χ3v) is 5.24. The monoisotopic (exact) mass is 354 g/mol. The molecule has 0 saturated carbocycles. The molecule has 0 unspecified atom stereocenters. The summed E-state index contributed by atoms with van der Waals surface area (Å²) < 4.78 is 30.1. The van der Waals surface area contributed by atoms with Gasteiger partial charge < -0.3 is 10.1 Å². The fourth-order valence-electron chi connectivity index (χ4n) is 2.59. The van der Waals surface area contributed by atoms with Crippen LogP contribution >= 0.6 is 0 Å². The highest BCUT2D eigenvalue weighted by Gasteiger charge is 2.26. The molecule has 0 atom stereocenters. The predicted octanol–water partition coefficient (Wildman–Crippen LogP) is 1.88. The van der Waals surface area contributed by atoms with Gasteiger partial charge in [-0.2, -0.15) is 0 Å². The highest BCUT2D eigenvalue weighted by atomic mass is 32.2. The normalized spacial score (nSPS) is 17.0. The van der Waals surface area contributed by atoms with Crippen LogP contribution in [-0.2, 0) is 10.0 Å². The van der Waals surface area contributed by atoms with Gasteiger partial charge in [0.15, 0.2) is 0 Å². The van der Waals surface area contributed by atoms with Gasteiger partial charge in [-0.25, -0.2) is 12.7 Å². The van der Waals surface area contributed by atoms with E-state index < -0.39 is 10.0 Å². The number of amides is 1. The molecule has 6 nitrogen and oxygen atoms in total. The number of nitrogens with zero attached hydrogens (tertiary/aromatic N) is 1. The number of hydrogen-bond acceptors (Lipinski definition) is 4. The zero-order valence-electron chi connectivity index (χ0n) is 14.5. The molecule has 0 bridgehead atoms. The molecule has 0 aromatic heterocycles. The predicted molar refractivity (Wildman–Crippen MR) is 93.7 cm³/mol. The number of rotatable bonds is 6. The molecule has 1 aliphatic rings. The van der Waals surface area contributed by atoms with Crippen molar-refractivity contribution >= 4 is 15.9 Å². The molecule has 0 spiro atoms. The maximum atomic E-state index is 12.4. The van der Waals surface area contributed by atoms with Crippen molar-refractivity contribution in [1.82, 2.24) is 9.62 Å². The van der Waals surface area contributed by atoms with Crippen LogP contribution in [0.5, 0.6) is 5.75 Å². The summed E-state index contributed by atoms with van der Waals surface area (Å²) in [5, 5.41) is 2.98. The van der Waals surface area contributed by atoms with E-state index in [4.69, 9.17) is 4.74 Å². The highest BCUT2D eigenvalue weighted by molar-refractivity contribution is 7.88. The Hall–Kier alpha value is -1.60. The largest absolute Gasteiger partial charge is 0.493 e. The van der Waals surface area contributed by atoms with Gasteiger partial charge in [0.1, 0.15) is 5.75 Å². The quantitative estimate of drug-likeness (QED) is 0.846. The van der Waals surface area contributed by atoms with Crippen molar-refractivity contribution in [3.05, 3.63) is 29.8 Å². The van der Waals surface area contributed by atoms with Crippen molar-refractivity contribution in [1.29, 1.82) is 0 Å². The first-order valence-corrected chi connectivity index (χ1v) is 10.1. The van der Waals surface area contributed by atoms with Crippen molar-refractivity contribution in [2.75, 3.05) is 26.0 Å². The van der Waals surface area contributed by atoms with Crippen molar-refractivity contribution in [2.45, 2.75) is 32.7 Å². The summed E-state index contributed by atoms with van der Waals surface area (Å²) in [5.41, 5.74) is 0.557. The number of carbonyl (C=O) groups is 1. The van der Waals surface area contributed by atoms with Crippen LogP contribution in [0.25, 0.3) is 0 Å². The van der Waals surface area contributed by atoms with E-state index in [0.29, 0.717) is 49.8 Å². The van der Waals surface area contributed by atoms with Gasteiger partial charge in [0.05, 0.1) is 12.9 Å². The maximum absolute atomic E-state index is 12.4. The molecule has 1 saturated heterocycles. The van der Waals surface area contributed by atoms with Crippen LogP contribution in [0.15, 0.2) is 24.3 Å². The summed E-state index contributed by atoms with van der Waals surface area (Å²) in [7, 11) is -3.14. The van der Waals surface area contributed by atoms with Gasteiger partial charge in [-0.1, -0.05) is 19.9 Å². The second-order valence-electron chi connectivity index (χ2n) is 6.64. The zero-order chi connectivity index (χ0) is 17.7. The van der Waals surface area contributed by atoms with Crippen LogP contribution in [-0.4, -0.2) is 50.6 Å². The van der Waals surface area contributed by atoms with Crippen LogP contribution in [0.2, 0.25) is 0 Å². The van der Waals surface area contributed by atoms with E-state index in [1.165, 1.54) is 10.6 Å². The molecule has 134 valence electrons. The smallest absolute Gasteiger partial charge is 0.251 e. The molecule has 2 rings (SSSR count). The summed E-state index contributed by atoms with van der Waals surface area (Å²) in [5.74, 6) is 0.952. The lowest BCUT2D eigenvalue weighted by molar-refractivity contribution is 0.0923. The maximum Gasteiger partial charge on any atom is 0.251 e. The van der Waals surface area contributed by atoms with Crippen molar-refractivity contribution in [3.8, 4) is 5.75 Å². The second kappa shape index (κ2) is 7.98. The fourth-order valence-corrected chi connectivity index (χ4v) is 3.46. The average molecular weight is 354 g/mol. The SMILES string of the molecule is CC(C)COc1cccc(C(=O)NC2CCN(S(C)(=O)=O)CC2)c1. The van der Waals surface area contributed by atoms with E-state index in [-0.39, 0.29) is 11.9 Å². The van der Waals surface area contributed by atoms with E-state index in [1.807, 2.05) is 6.07 Å². The molecule has 1 amide bonds. The highest BCUT2D eigenvalue weighted by Crippen LogP contribution is 2.17. The van der Waals surface area contributed by atoms with E-state index in [1.54, 1.807) is 18.2 Å². The third kappa shape index (κ3) is 5.49. The van der Waals surface area contributed by atoms with E-state index in [0.717, 1.165) is 0 Å². The summed E-state index contributed by atoms with van der Waals surface area (Å²) in [6.07, 6.45) is 2.47. The van der Waals surface area contributed by atoms with Crippen molar-refractivity contribution in [3.63, 3.8) is 0 Å². The van der Waals surface area contributed by atoms with E-state index >= 15 is 0 Å². The first-order valence-electron chi connectivity index (χ1n) is 8.24. The Balaban J connectivity index is 1.90. The third-order valence-electron chi connectivity index (χ3n) is 3.94. The minimum atomic E-state index is -3.14. The molecular formula is C17H26N2O4S. The molecule has 1 aromatic rings. The Labute approximate surface area is 144 Å². The Morgan fingerprint density at radius 1 is 1.33 bits per heavy atom. The summed E-state index contributed by atoms with van der Waals surface area (Å²) >= 11 is 0. The standard InChI is InChI=1S/C17H26N2O4S/c1-13(2)12-23-16-6-4-5-14(11-16)17(20)18-15-7-9-19(10-8-15)24(3,21)22/h4-6,11,13,15H,7-10,12H2,1-3H3,(H,18,20). The van der Waals surface area contributed by atoms with E-state index in [9.17, 15) is 13.2 Å².